The first-order chi connectivity index (χ1) is 11.7. The monoisotopic (exact) mass is 381 g/mol. The number of carbonyl (C=O) groups is 1. The van der Waals surface area contributed by atoms with Gasteiger partial charge in [-0.2, -0.15) is 0 Å². The minimum atomic E-state index is -3.69. The molecule has 1 amide bonds. The molecule has 1 aromatic heterocycles. The van der Waals surface area contributed by atoms with Crippen LogP contribution < -0.4 is 10.5 Å². The van der Waals surface area contributed by atoms with Crippen LogP contribution in [-0.2, 0) is 21.4 Å². The average molecular weight is 382 g/mol. The third kappa shape index (κ3) is 5.37. The Morgan fingerprint density at radius 3 is 2.44 bits per heavy atom. The number of hydrogen-bond donors (Lipinski definition) is 2. The molecule has 3 N–H and O–H groups in total. The number of hydrogen-bond acceptors (Lipinski definition) is 5. The summed E-state index contributed by atoms with van der Waals surface area (Å²) in [6, 6.07) is 8.39. The highest BCUT2D eigenvalue weighted by molar-refractivity contribution is 7.89. The van der Waals surface area contributed by atoms with E-state index in [9.17, 15) is 13.2 Å². The van der Waals surface area contributed by atoms with Crippen molar-refractivity contribution < 1.29 is 13.2 Å². The number of amides is 1. The Bertz CT molecular complexity index is 829. The average Bonchev–Trinajstić information content (AvgIpc) is 2.96. The van der Waals surface area contributed by atoms with E-state index in [4.69, 9.17) is 5.14 Å². The largest absolute Gasteiger partial charge is 0.350 e. The molecule has 2 aromatic rings. The second-order valence-electron chi connectivity index (χ2n) is 6.01. The number of benzene rings is 1. The molecule has 0 bridgehead atoms. The summed E-state index contributed by atoms with van der Waals surface area (Å²) in [5.74, 6) is -0.0525. The van der Waals surface area contributed by atoms with Gasteiger partial charge in [-0.05, 0) is 55.6 Å². The first-order valence-corrected chi connectivity index (χ1v) is 10.2. The smallest absolute Gasteiger partial charge is 0.238 e. The number of primary sulfonamides is 1. The Balaban J connectivity index is 1.92. The van der Waals surface area contributed by atoms with Gasteiger partial charge in [-0.3, -0.25) is 9.69 Å². The van der Waals surface area contributed by atoms with E-state index in [1.807, 2.05) is 37.2 Å². The number of aryl methyl sites for hydroxylation is 1. The minimum absolute atomic E-state index is 0.0382. The van der Waals surface area contributed by atoms with Gasteiger partial charge in [-0.25, -0.2) is 13.6 Å². The van der Waals surface area contributed by atoms with Gasteiger partial charge in [-0.1, -0.05) is 12.1 Å². The Morgan fingerprint density at radius 2 is 1.92 bits per heavy atom. The van der Waals surface area contributed by atoms with Crippen molar-refractivity contribution in [2.75, 3.05) is 13.6 Å². The number of thiophene rings is 1. The third-order valence-corrected chi connectivity index (χ3v) is 6.11. The summed E-state index contributed by atoms with van der Waals surface area (Å²) < 4.78 is 22.6. The molecule has 0 aliphatic carbocycles. The standard InChI is InChI=1S/C17H23N3O3S2/c1-12-8-9-24-16(12)10-19-17(21)11-20(3)13(2)14-4-6-15(7-5-14)25(18,22)23/h4-9,13H,10-11H2,1-3H3,(H,19,21)(H2,18,22,23). The molecule has 1 atom stereocenters. The van der Waals surface area contributed by atoms with E-state index >= 15 is 0 Å². The van der Waals surface area contributed by atoms with Crippen LogP contribution in [0.3, 0.4) is 0 Å². The van der Waals surface area contributed by atoms with Gasteiger partial charge in [0.15, 0.2) is 0 Å². The van der Waals surface area contributed by atoms with Gasteiger partial charge >= 0.3 is 0 Å². The van der Waals surface area contributed by atoms with Crippen molar-refractivity contribution in [1.29, 1.82) is 0 Å². The fourth-order valence-corrected chi connectivity index (χ4v) is 3.74. The number of rotatable bonds is 7. The molecule has 0 saturated heterocycles. The van der Waals surface area contributed by atoms with Gasteiger partial charge in [0.25, 0.3) is 0 Å². The zero-order valence-electron chi connectivity index (χ0n) is 14.5. The van der Waals surface area contributed by atoms with E-state index < -0.39 is 10.0 Å². The number of likely N-dealkylation sites (N-methyl/N-ethyl adjacent to an activating group) is 1. The van der Waals surface area contributed by atoms with Crippen LogP contribution in [-0.4, -0.2) is 32.8 Å². The van der Waals surface area contributed by atoms with Crippen LogP contribution >= 0.6 is 11.3 Å². The van der Waals surface area contributed by atoms with Gasteiger partial charge < -0.3 is 5.32 Å². The molecule has 2 rings (SSSR count). The van der Waals surface area contributed by atoms with Crippen LogP contribution in [0.15, 0.2) is 40.6 Å². The molecule has 0 aliphatic heterocycles. The van der Waals surface area contributed by atoms with Gasteiger partial charge in [0.2, 0.25) is 15.9 Å². The maximum atomic E-state index is 12.1. The second kappa shape index (κ2) is 8.09. The summed E-state index contributed by atoms with van der Waals surface area (Å²) in [7, 11) is -1.84. The van der Waals surface area contributed by atoms with Gasteiger partial charge in [0.1, 0.15) is 0 Å². The highest BCUT2D eigenvalue weighted by atomic mass is 32.2. The first-order valence-electron chi connectivity index (χ1n) is 7.81. The normalized spacial score (nSPS) is 13.0. The molecule has 8 heteroatoms. The molecule has 1 aromatic carbocycles. The van der Waals surface area contributed by atoms with Crippen molar-refractivity contribution in [3.8, 4) is 0 Å². The third-order valence-electron chi connectivity index (χ3n) is 4.16. The van der Waals surface area contributed by atoms with Crippen LogP contribution in [0.5, 0.6) is 0 Å². The Kier molecular flexibility index (Phi) is 6.34. The molecule has 0 spiro atoms. The molecular weight excluding hydrogens is 358 g/mol. The summed E-state index contributed by atoms with van der Waals surface area (Å²) in [5, 5.41) is 10.0. The van der Waals surface area contributed by atoms with E-state index in [1.54, 1.807) is 23.5 Å². The summed E-state index contributed by atoms with van der Waals surface area (Å²) in [4.78, 5) is 15.3. The molecule has 0 fully saturated rings. The molecule has 6 nitrogen and oxygen atoms in total. The van der Waals surface area contributed by atoms with E-state index in [0.29, 0.717) is 6.54 Å². The lowest BCUT2D eigenvalue weighted by molar-refractivity contribution is -0.122. The fraction of sp³-hybridized carbons (Fsp3) is 0.353. The van der Waals surface area contributed by atoms with E-state index in [1.165, 1.54) is 17.7 Å². The summed E-state index contributed by atoms with van der Waals surface area (Å²) in [5.41, 5.74) is 2.10. The van der Waals surface area contributed by atoms with Crippen molar-refractivity contribution in [3.05, 3.63) is 51.7 Å². The van der Waals surface area contributed by atoms with Crippen LogP contribution in [0.25, 0.3) is 0 Å². The van der Waals surface area contributed by atoms with Crippen molar-refractivity contribution in [3.63, 3.8) is 0 Å². The molecule has 1 heterocycles. The molecule has 136 valence electrons. The van der Waals surface area contributed by atoms with Crippen molar-refractivity contribution in [2.45, 2.75) is 31.3 Å². The van der Waals surface area contributed by atoms with Crippen LogP contribution in [0.4, 0.5) is 0 Å². The van der Waals surface area contributed by atoms with Crippen molar-refractivity contribution in [1.82, 2.24) is 10.2 Å². The van der Waals surface area contributed by atoms with Crippen LogP contribution in [0, 0.1) is 6.92 Å². The zero-order chi connectivity index (χ0) is 18.6. The van der Waals surface area contributed by atoms with Gasteiger partial charge in [0.05, 0.1) is 18.0 Å². The number of nitrogens with zero attached hydrogens (tertiary/aromatic N) is 1. The predicted octanol–water partition coefficient (Wildman–Crippen LogP) is 2.01. The van der Waals surface area contributed by atoms with Crippen molar-refractivity contribution >= 4 is 27.3 Å². The van der Waals surface area contributed by atoms with Crippen LogP contribution in [0.1, 0.15) is 29.0 Å². The molecule has 0 radical (unpaired) electrons. The summed E-state index contributed by atoms with van der Waals surface area (Å²) in [6.07, 6.45) is 0. The first kappa shape index (κ1) is 19.6. The SMILES string of the molecule is Cc1ccsc1CNC(=O)CN(C)C(C)c1ccc(S(N)(=O)=O)cc1. The topological polar surface area (TPSA) is 92.5 Å². The lowest BCUT2D eigenvalue weighted by Crippen LogP contribution is -2.36. The second-order valence-corrected chi connectivity index (χ2v) is 8.57. The molecule has 0 aliphatic rings. The maximum absolute atomic E-state index is 12.1. The van der Waals surface area contributed by atoms with E-state index in [2.05, 4.69) is 5.32 Å². The quantitative estimate of drug-likeness (QED) is 0.767. The number of carbonyl (C=O) groups excluding carboxylic acids is 1. The Hall–Kier alpha value is -1.74. The Morgan fingerprint density at radius 1 is 1.28 bits per heavy atom. The number of nitrogens with one attached hydrogen (secondary N) is 1. The number of sulfonamides is 1. The van der Waals surface area contributed by atoms with Gasteiger partial charge in [-0.15, -0.1) is 11.3 Å². The lowest BCUT2D eigenvalue weighted by atomic mass is 10.1. The predicted molar refractivity (Wildman–Crippen MR) is 99.8 cm³/mol. The highest BCUT2D eigenvalue weighted by Crippen LogP contribution is 2.20. The van der Waals surface area contributed by atoms with E-state index in [-0.39, 0.29) is 23.4 Å². The number of nitrogens with two attached hydrogens (primary N) is 1. The highest BCUT2D eigenvalue weighted by Gasteiger charge is 2.16. The molecular formula is C17H23N3O3S2. The van der Waals surface area contributed by atoms with Crippen LogP contribution in [0.2, 0.25) is 0 Å². The zero-order valence-corrected chi connectivity index (χ0v) is 16.2. The molecule has 0 saturated carbocycles. The fourth-order valence-electron chi connectivity index (χ4n) is 2.37. The lowest BCUT2D eigenvalue weighted by Gasteiger charge is -2.24. The summed E-state index contributed by atoms with van der Waals surface area (Å²) >= 11 is 1.63. The Labute approximate surface area is 152 Å². The summed E-state index contributed by atoms with van der Waals surface area (Å²) in [6.45, 7) is 4.77. The van der Waals surface area contributed by atoms with Crippen molar-refractivity contribution in [2.24, 2.45) is 5.14 Å². The maximum Gasteiger partial charge on any atom is 0.238 e. The van der Waals surface area contributed by atoms with E-state index in [0.717, 1.165) is 10.4 Å². The minimum Gasteiger partial charge on any atom is -0.350 e. The molecule has 1 unspecified atom stereocenters. The van der Waals surface area contributed by atoms with Gasteiger partial charge in [0, 0.05) is 10.9 Å². The molecule has 25 heavy (non-hydrogen) atoms.